The lowest BCUT2D eigenvalue weighted by Crippen LogP contribution is -2.36. The van der Waals surface area contributed by atoms with Crippen LogP contribution in [0, 0.1) is 13.8 Å². The molecule has 2 N–H and O–H groups in total. The van der Waals surface area contributed by atoms with Gasteiger partial charge >= 0.3 is 6.03 Å². The van der Waals surface area contributed by atoms with Gasteiger partial charge in [-0.1, -0.05) is 36.4 Å². The van der Waals surface area contributed by atoms with Gasteiger partial charge in [-0.05, 0) is 62.4 Å². The van der Waals surface area contributed by atoms with Crippen LogP contribution >= 0.6 is 0 Å². The molecule has 1 unspecified atom stereocenters. The average molecular weight is 296 g/mol. The molecule has 0 fully saturated rings. The molecule has 0 radical (unpaired) electrons. The van der Waals surface area contributed by atoms with Gasteiger partial charge in [-0.25, -0.2) is 4.79 Å². The molecular formula is C19H24N2O. The highest BCUT2D eigenvalue weighted by molar-refractivity contribution is 5.89. The number of hydrogen-bond acceptors (Lipinski definition) is 1. The fourth-order valence-corrected chi connectivity index (χ4v) is 2.54. The second-order valence-electron chi connectivity index (χ2n) is 5.90. The molecule has 2 rings (SSSR count). The van der Waals surface area contributed by atoms with Gasteiger partial charge in [0.25, 0.3) is 0 Å². The number of hydrogen-bond donors (Lipinski definition) is 2. The van der Waals surface area contributed by atoms with E-state index in [4.69, 9.17) is 0 Å². The fraction of sp³-hybridized carbons (Fsp3) is 0.316. The van der Waals surface area contributed by atoms with E-state index in [1.807, 2.05) is 51.1 Å². The third kappa shape index (κ3) is 5.24. The normalized spacial score (nSPS) is 11.8. The van der Waals surface area contributed by atoms with E-state index in [0.29, 0.717) is 0 Å². The molecule has 2 amide bonds. The molecule has 3 heteroatoms. The minimum Gasteiger partial charge on any atom is -0.335 e. The largest absolute Gasteiger partial charge is 0.335 e. The summed E-state index contributed by atoms with van der Waals surface area (Å²) in [4.78, 5) is 12.0. The quantitative estimate of drug-likeness (QED) is 0.841. The van der Waals surface area contributed by atoms with Gasteiger partial charge in [0.2, 0.25) is 0 Å². The second kappa shape index (κ2) is 7.64. The lowest BCUT2D eigenvalue weighted by molar-refractivity contribution is 0.248. The molecule has 2 aromatic carbocycles. The SMILES string of the molecule is Cc1cc(C)cc(NC(=O)NC(C)CCc2ccccc2)c1. The summed E-state index contributed by atoms with van der Waals surface area (Å²) in [7, 11) is 0. The lowest BCUT2D eigenvalue weighted by atomic mass is 10.1. The monoisotopic (exact) mass is 296 g/mol. The van der Waals surface area contributed by atoms with Crippen LogP contribution in [0.25, 0.3) is 0 Å². The lowest BCUT2D eigenvalue weighted by Gasteiger charge is -2.15. The molecule has 2 aromatic rings. The maximum Gasteiger partial charge on any atom is 0.319 e. The number of aryl methyl sites for hydroxylation is 3. The molecular weight excluding hydrogens is 272 g/mol. The zero-order valence-electron chi connectivity index (χ0n) is 13.5. The number of benzene rings is 2. The van der Waals surface area contributed by atoms with Crippen LogP contribution in [0.3, 0.4) is 0 Å². The van der Waals surface area contributed by atoms with Gasteiger partial charge in [0, 0.05) is 11.7 Å². The molecule has 0 spiro atoms. The first-order chi connectivity index (χ1) is 10.5. The van der Waals surface area contributed by atoms with Crippen molar-refractivity contribution in [3.05, 3.63) is 65.2 Å². The van der Waals surface area contributed by atoms with Crippen molar-refractivity contribution in [2.45, 2.75) is 39.7 Å². The van der Waals surface area contributed by atoms with Crippen LogP contribution in [0.1, 0.15) is 30.0 Å². The zero-order valence-corrected chi connectivity index (χ0v) is 13.5. The third-order valence-electron chi connectivity index (χ3n) is 3.57. The smallest absolute Gasteiger partial charge is 0.319 e. The number of urea groups is 1. The molecule has 22 heavy (non-hydrogen) atoms. The number of rotatable bonds is 5. The summed E-state index contributed by atoms with van der Waals surface area (Å²) in [6.07, 6.45) is 1.89. The standard InChI is InChI=1S/C19H24N2O/c1-14-11-15(2)13-18(12-14)21-19(22)20-16(3)9-10-17-7-5-4-6-8-17/h4-8,11-13,16H,9-10H2,1-3H3,(H2,20,21,22). The maximum atomic E-state index is 12.0. The van der Waals surface area contributed by atoms with Gasteiger partial charge < -0.3 is 10.6 Å². The Labute approximate surface area is 132 Å². The van der Waals surface area contributed by atoms with E-state index in [9.17, 15) is 4.79 Å². The minimum atomic E-state index is -0.148. The van der Waals surface area contributed by atoms with E-state index < -0.39 is 0 Å². The molecule has 3 nitrogen and oxygen atoms in total. The number of anilines is 1. The van der Waals surface area contributed by atoms with Gasteiger partial charge in [-0.3, -0.25) is 0 Å². The Morgan fingerprint density at radius 2 is 1.68 bits per heavy atom. The predicted molar refractivity (Wildman–Crippen MR) is 92.3 cm³/mol. The van der Waals surface area contributed by atoms with E-state index in [0.717, 1.165) is 29.7 Å². The van der Waals surface area contributed by atoms with Crippen LogP contribution in [-0.2, 0) is 6.42 Å². The van der Waals surface area contributed by atoms with Gasteiger partial charge in [-0.2, -0.15) is 0 Å². The van der Waals surface area contributed by atoms with Crippen molar-refractivity contribution >= 4 is 11.7 Å². The van der Waals surface area contributed by atoms with Gasteiger partial charge in [0.1, 0.15) is 0 Å². The fourth-order valence-electron chi connectivity index (χ4n) is 2.54. The van der Waals surface area contributed by atoms with Gasteiger partial charge in [0.15, 0.2) is 0 Å². The van der Waals surface area contributed by atoms with E-state index in [2.05, 4.69) is 28.8 Å². The summed E-state index contributed by atoms with van der Waals surface area (Å²) < 4.78 is 0. The van der Waals surface area contributed by atoms with Crippen LogP contribution in [0.2, 0.25) is 0 Å². The van der Waals surface area contributed by atoms with Crippen molar-refractivity contribution in [3.63, 3.8) is 0 Å². The van der Waals surface area contributed by atoms with E-state index >= 15 is 0 Å². The van der Waals surface area contributed by atoms with Crippen LogP contribution < -0.4 is 10.6 Å². The molecule has 0 aliphatic heterocycles. The van der Waals surface area contributed by atoms with E-state index in [-0.39, 0.29) is 12.1 Å². The summed E-state index contributed by atoms with van der Waals surface area (Å²) in [6.45, 7) is 6.08. The first kappa shape index (κ1) is 16.1. The molecule has 0 aliphatic rings. The van der Waals surface area contributed by atoms with Crippen molar-refractivity contribution in [1.82, 2.24) is 5.32 Å². The molecule has 1 atom stereocenters. The predicted octanol–water partition coefficient (Wildman–Crippen LogP) is 4.45. The van der Waals surface area contributed by atoms with Crippen LogP contribution in [0.4, 0.5) is 10.5 Å². The van der Waals surface area contributed by atoms with Crippen LogP contribution in [-0.4, -0.2) is 12.1 Å². The topological polar surface area (TPSA) is 41.1 Å². The Bertz CT molecular complexity index is 602. The molecule has 116 valence electrons. The Kier molecular flexibility index (Phi) is 5.59. The Morgan fingerprint density at radius 3 is 2.32 bits per heavy atom. The van der Waals surface area contributed by atoms with Crippen LogP contribution in [0.15, 0.2) is 48.5 Å². The average Bonchev–Trinajstić information content (AvgIpc) is 2.45. The van der Waals surface area contributed by atoms with Gasteiger partial charge in [0.05, 0.1) is 0 Å². The summed E-state index contributed by atoms with van der Waals surface area (Å²) in [5.74, 6) is 0. The Hall–Kier alpha value is -2.29. The highest BCUT2D eigenvalue weighted by atomic mass is 16.2. The minimum absolute atomic E-state index is 0.131. The third-order valence-corrected chi connectivity index (χ3v) is 3.57. The van der Waals surface area contributed by atoms with Crippen LogP contribution in [0.5, 0.6) is 0 Å². The first-order valence-electron chi connectivity index (χ1n) is 7.72. The van der Waals surface area contributed by atoms with Crippen molar-refractivity contribution in [3.8, 4) is 0 Å². The number of amides is 2. The number of carbonyl (C=O) groups excluding carboxylic acids is 1. The van der Waals surface area contributed by atoms with Crippen molar-refractivity contribution in [2.24, 2.45) is 0 Å². The van der Waals surface area contributed by atoms with Crippen molar-refractivity contribution in [2.75, 3.05) is 5.32 Å². The number of nitrogens with one attached hydrogen (secondary N) is 2. The summed E-state index contributed by atoms with van der Waals surface area (Å²) in [6, 6.07) is 16.3. The van der Waals surface area contributed by atoms with Crippen molar-refractivity contribution < 1.29 is 4.79 Å². The molecule has 0 bridgehead atoms. The summed E-state index contributed by atoms with van der Waals surface area (Å²) >= 11 is 0. The van der Waals surface area contributed by atoms with E-state index in [1.54, 1.807) is 0 Å². The zero-order chi connectivity index (χ0) is 15.9. The Morgan fingerprint density at radius 1 is 1.05 bits per heavy atom. The highest BCUT2D eigenvalue weighted by Crippen LogP contribution is 2.13. The highest BCUT2D eigenvalue weighted by Gasteiger charge is 2.08. The molecule has 0 heterocycles. The van der Waals surface area contributed by atoms with E-state index in [1.165, 1.54) is 5.56 Å². The first-order valence-corrected chi connectivity index (χ1v) is 7.72. The Balaban J connectivity index is 1.81. The molecule has 0 saturated carbocycles. The number of carbonyl (C=O) groups is 1. The second-order valence-corrected chi connectivity index (χ2v) is 5.90. The molecule has 0 aliphatic carbocycles. The van der Waals surface area contributed by atoms with Crippen molar-refractivity contribution in [1.29, 1.82) is 0 Å². The molecule has 0 saturated heterocycles. The van der Waals surface area contributed by atoms with Gasteiger partial charge in [-0.15, -0.1) is 0 Å². The summed E-state index contributed by atoms with van der Waals surface area (Å²) in [5.41, 5.74) is 4.43. The summed E-state index contributed by atoms with van der Waals surface area (Å²) in [5, 5.41) is 5.89. The maximum absolute atomic E-state index is 12.0. The molecule has 0 aromatic heterocycles.